The summed E-state index contributed by atoms with van der Waals surface area (Å²) < 4.78 is 19.2. The number of hydrogen-bond acceptors (Lipinski definition) is 5. The maximum atomic E-state index is 13.5. The Hall–Kier alpha value is -1.76. The van der Waals surface area contributed by atoms with Gasteiger partial charge in [-0.3, -0.25) is 4.99 Å². The number of thioether (sulfide) groups is 1. The fourth-order valence-corrected chi connectivity index (χ4v) is 4.90. The van der Waals surface area contributed by atoms with Gasteiger partial charge in [-0.15, -0.1) is 11.8 Å². The van der Waals surface area contributed by atoms with Crippen LogP contribution in [-0.2, 0) is 0 Å². The average Bonchev–Trinajstić information content (AvgIpc) is 2.70. The van der Waals surface area contributed by atoms with Crippen LogP contribution in [0.3, 0.4) is 0 Å². The first-order valence-electron chi connectivity index (χ1n) is 8.97. The number of fused-ring (bicyclic) bond motifs is 1. The first-order valence-corrected chi connectivity index (χ1v) is 10.2. The minimum atomic E-state index is -0.424. The van der Waals surface area contributed by atoms with Crippen molar-refractivity contribution in [2.45, 2.75) is 23.0 Å². The zero-order valence-corrected chi connectivity index (χ0v) is 16.6. The highest BCUT2D eigenvalue weighted by molar-refractivity contribution is 8.00. The van der Waals surface area contributed by atoms with Crippen LogP contribution in [0, 0.1) is 5.82 Å². The number of aliphatic imine (C=N–C) groups is 1. The highest BCUT2D eigenvalue weighted by Crippen LogP contribution is 2.41. The number of piperidine rings is 1. The molecular weight excluding hydrogens is 385 g/mol. The van der Waals surface area contributed by atoms with Crippen molar-refractivity contribution in [2.75, 3.05) is 31.8 Å². The van der Waals surface area contributed by atoms with Crippen molar-refractivity contribution in [3.05, 3.63) is 46.7 Å². The molecule has 2 heterocycles. The number of methoxy groups -OCH3 is 1. The Kier molecular flexibility index (Phi) is 5.57. The quantitative estimate of drug-likeness (QED) is 0.788. The number of halogens is 2. The van der Waals surface area contributed by atoms with Gasteiger partial charge in [-0.05, 0) is 43.7 Å². The second-order valence-corrected chi connectivity index (χ2v) is 8.38. The van der Waals surface area contributed by atoms with E-state index in [1.807, 2.05) is 28.9 Å². The van der Waals surface area contributed by atoms with Crippen LogP contribution in [0.2, 0.25) is 5.02 Å². The molecule has 2 aliphatic rings. The zero-order chi connectivity index (χ0) is 18.8. The maximum absolute atomic E-state index is 13.5. The molecule has 0 unspecified atom stereocenters. The van der Waals surface area contributed by atoms with Gasteiger partial charge in [0.25, 0.3) is 0 Å². The van der Waals surface area contributed by atoms with Crippen molar-refractivity contribution >= 4 is 41.0 Å². The number of rotatable bonds is 4. The van der Waals surface area contributed by atoms with Crippen LogP contribution in [0.5, 0.6) is 5.75 Å². The number of anilines is 2. The van der Waals surface area contributed by atoms with Crippen LogP contribution < -0.4 is 15.0 Å². The van der Waals surface area contributed by atoms with Gasteiger partial charge >= 0.3 is 0 Å². The molecule has 0 radical (unpaired) electrons. The van der Waals surface area contributed by atoms with Gasteiger partial charge in [0.1, 0.15) is 18.2 Å². The Bertz CT molecular complexity index is 871. The minimum absolute atomic E-state index is 0.104. The van der Waals surface area contributed by atoms with E-state index in [1.54, 1.807) is 19.2 Å². The molecule has 4 rings (SSSR count). The van der Waals surface area contributed by atoms with E-state index < -0.39 is 5.82 Å². The molecule has 142 valence electrons. The molecule has 0 aromatic heterocycles. The molecule has 1 N–H and O–H groups in total. The fourth-order valence-electron chi connectivity index (χ4n) is 3.42. The molecule has 4 nitrogen and oxygen atoms in total. The molecule has 0 saturated carbocycles. The summed E-state index contributed by atoms with van der Waals surface area (Å²) in [5.74, 6) is 0.421. The Morgan fingerprint density at radius 1 is 1.33 bits per heavy atom. The third-order valence-electron chi connectivity index (χ3n) is 4.82. The first kappa shape index (κ1) is 18.6. The lowest BCUT2D eigenvalue weighted by molar-refractivity contribution is 0.404. The van der Waals surface area contributed by atoms with Gasteiger partial charge in [0.05, 0.1) is 22.7 Å². The standard InChI is InChI=1S/C20H21ClFN3OS/c1-26-19-9-18-13(7-20(19)27-15-3-2-6-23-11-15)10-24-12-25(18)14-4-5-17(22)16(21)8-14/h4-5,7-10,15,23H,2-3,6,11-12H2,1H3/t15-/m1/s1. The summed E-state index contributed by atoms with van der Waals surface area (Å²) in [5, 5.41) is 4.10. The summed E-state index contributed by atoms with van der Waals surface area (Å²) in [4.78, 5) is 7.61. The van der Waals surface area contributed by atoms with Gasteiger partial charge in [0.15, 0.2) is 0 Å². The lowest BCUT2D eigenvalue weighted by atomic mass is 10.1. The van der Waals surface area contributed by atoms with E-state index in [4.69, 9.17) is 16.3 Å². The number of nitrogens with one attached hydrogen (secondary N) is 1. The Labute approximate surface area is 167 Å². The lowest BCUT2D eigenvalue weighted by Gasteiger charge is -2.29. The van der Waals surface area contributed by atoms with Gasteiger partial charge < -0.3 is 15.0 Å². The summed E-state index contributed by atoms with van der Waals surface area (Å²) >= 11 is 7.83. The topological polar surface area (TPSA) is 36.9 Å². The van der Waals surface area contributed by atoms with E-state index in [0.717, 1.165) is 40.7 Å². The third-order valence-corrected chi connectivity index (χ3v) is 6.42. The van der Waals surface area contributed by atoms with Crippen LogP contribution >= 0.6 is 23.4 Å². The van der Waals surface area contributed by atoms with Crippen molar-refractivity contribution < 1.29 is 9.13 Å². The van der Waals surface area contributed by atoms with Crippen molar-refractivity contribution in [3.63, 3.8) is 0 Å². The molecule has 2 aliphatic heterocycles. The number of hydrogen-bond donors (Lipinski definition) is 1. The van der Waals surface area contributed by atoms with Gasteiger partial charge in [0, 0.05) is 35.3 Å². The second kappa shape index (κ2) is 8.09. The molecular formula is C20H21ClFN3OS. The Morgan fingerprint density at radius 2 is 2.22 bits per heavy atom. The van der Waals surface area contributed by atoms with Crippen molar-refractivity contribution in [1.29, 1.82) is 0 Å². The highest BCUT2D eigenvalue weighted by atomic mass is 35.5. The molecule has 2 aromatic rings. The SMILES string of the molecule is COc1cc2c(cc1S[C@@H]1CCCNC1)C=NCN2c1ccc(F)c(Cl)c1. The summed E-state index contributed by atoms with van der Waals surface area (Å²) in [6.07, 6.45) is 4.29. The minimum Gasteiger partial charge on any atom is -0.496 e. The largest absolute Gasteiger partial charge is 0.496 e. The Morgan fingerprint density at radius 3 is 2.96 bits per heavy atom. The molecule has 1 fully saturated rings. The summed E-state index contributed by atoms with van der Waals surface area (Å²) in [7, 11) is 1.70. The van der Waals surface area contributed by atoms with Gasteiger partial charge in [-0.2, -0.15) is 0 Å². The predicted octanol–water partition coefficient (Wildman–Crippen LogP) is 4.86. The molecule has 0 amide bonds. The molecule has 0 spiro atoms. The zero-order valence-electron chi connectivity index (χ0n) is 15.0. The second-order valence-electron chi connectivity index (χ2n) is 6.63. The van der Waals surface area contributed by atoms with Crippen LogP contribution in [0.25, 0.3) is 0 Å². The third kappa shape index (κ3) is 3.93. The maximum Gasteiger partial charge on any atom is 0.141 e. The summed E-state index contributed by atoms with van der Waals surface area (Å²) in [5.41, 5.74) is 2.81. The van der Waals surface area contributed by atoms with Gasteiger partial charge in [0.2, 0.25) is 0 Å². The Balaban J connectivity index is 1.68. The molecule has 0 bridgehead atoms. The van der Waals surface area contributed by atoms with E-state index in [9.17, 15) is 4.39 Å². The van der Waals surface area contributed by atoms with E-state index in [-0.39, 0.29) is 5.02 Å². The monoisotopic (exact) mass is 405 g/mol. The van der Waals surface area contributed by atoms with Crippen molar-refractivity contribution in [3.8, 4) is 5.75 Å². The summed E-state index contributed by atoms with van der Waals surface area (Å²) in [6, 6.07) is 8.90. The van der Waals surface area contributed by atoms with Crippen LogP contribution in [0.15, 0.2) is 40.2 Å². The van der Waals surface area contributed by atoms with Gasteiger partial charge in [-0.25, -0.2) is 4.39 Å². The van der Waals surface area contributed by atoms with E-state index in [1.165, 1.54) is 18.9 Å². The normalized spacial score (nSPS) is 19.1. The molecule has 1 atom stereocenters. The number of benzene rings is 2. The first-order chi connectivity index (χ1) is 13.2. The van der Waals surface area contributed by atoms with E-state index in [2.05, 4.69) is 16.4 Å². The molecule has 27 heavy (non-hydrogen) atoms. The van der Waals surface area contributed by atoms with Crippen LogP contribution in [-0.4, -0.2) is 38.3 Å². The molecule has 1 saturated heterocycles. The fraction of sp³-hybridized carbons (Fsp3) is 0.350. The summed E-state index contributed by atoms with van der Waals surface area (Å²) in [6.45, 7) is 2.57. The lowest BCUT2D eigenvalue weighted by Crippen LogP contribution is -2.31. The van der Waals surface area contributed by atoms with E-state index in [0.29, 0.717) is 11.9 Å². The van der Waals surface area contributed by atoms with Crippen LogP contribution in [0.1, 0.15) is 18.4 Å². The van der Waals surface area contributed by atoms with Gasteiger partial charge in [-0.1, -0.05) is 11.6 Å². The highest BCUT2D eigenvalue weighted by Gasteiger charge is 2.22. The van der Waals surface area contributed by atoms with Crippen molar-refractivity contribution in [2.24, 2.45) is 4.99 Å². The average molecular weight is 406 g/mol. The smallest absolute Gasteiger partial charge is 0.141 e. The molecule has 7 heteroatoms. The number of nitrogens with zero attached hydrogens (tertiary/aromatic N) is 2. The van der Waals surface area contributed by atoms with Crippen molar-refractivity contribution in [1.82, 2.24) is 5.32 Å². The van der Waals surface area contributed by atoms with Crippen LogP contribution in [0.4, 0.5) is 15.8 Å². The molecule has 0 aliphatic carbocycles. The number of ether oxygens (including phenoxy) is 1. The molecule has 2 aromatic carbocycles. The predicted molar refractivity (Wildman–Crippen MR) is 111 cm³/mol. The van der Waals surface area contributed by atoms with E-state index >= 15 is 0 Å².